The van der Waals surface area contributed by atoms with Crippen molar-refractivity contribution in [2.24, 2.45) is 0 Å². The van der Waals surface area contributed by atoms with Gasteiger partial charge >= 0.3 is 155 Å². The summed E-state index contributed by atoms with van der Waals surface area (Å²) in [6.07, 6.45) is 0. The third-order valence-electron chi connectivity index (χ3n) is 4.01. The molecule has 0 unspecified atom stereocenters. The third-order valence-corrected chi connectivity index (χ3v) is 8.85. The average Bonchev–Trinajstić information content (AvgIpc) is 3.19. The van der Waals surface area contributed by atoms with Crippen molar-refractivity contribution >= 4 is 60.2 Å². The van der Waals surface area contributed by atoms with Crippen molar-refractivity contribution in [3.05, 3.63) is 57.4 Å². The average molecular weight is 462 g/mol. The molecule has 25 heavy (non-hydrogen) atoms. The number of carboxylic acid groups (broad SMARTS) is 1. The molecule has 4 rings (SSSR count). The summed E-state index contributed by atoms with van der Waals surface area (Å²) < 4.78 is 8.11. The van der Waals surface area contributed by atoms with Gasteiger partial charge in [0.2, 0.25) is 0 Å². The van der Waals surface area contributed by atoms with Crippen molar-refractivity contribution in [1.29, 1.82) is 0 Å². The first-order valence-corrected chi connectivity index (χ1v) is 10.9. The van der Waals surface area contributed by atoms with Crippen LogP contribution < -0.4 is 0 Å². The van der Waals surface area contributed by atoms with E-state index in [0.717, 1.165) is 24.9 Å². The number of benzene rings is 2. The second-order valence-electron chi connectivity index (χ2n) is 5.40. The maximum absolute atomic E-state index is 12.4. The molecule has 6 heteroatoms. The molecule has 124 valence electrons. The van der Waals surface area contributed by atoms with Crippen molar-refractivity contribution in [2.75, 3.05) is 7.11 Å². The number of carbonyl (C=O) groups excluding carboxylic acids is 1. The molecule has 0 radical (unpaired) electrons. The molecule has 2 heterocycles. The molecule has 2 aromatic heterocycles. The predicted molar refractivity (Wildman–Crippen MR) is 99.1 cm³/mol. The zero-order valence-electron chi connectivity index (χ0n) is 13.1. The van der Waals surface area contributed by atoms with Gasteiger partial charge in [-0.15, -0.1) is 0 Å². The van der Waals surface area contributed by atoms with Crippen LogP contribution in [0.1, 0.15) is 18.5 Å². The van der Waals surface area contributed by atoms with E-state index in [1.54, 1.807) is 0 Å². The first kappa shape index (κ1) is 16.4. The summed E-state index contributed by atoms with van der Waals surface area (Å²) in [5.41, 5.74) is 1.43. The fourth-order valence-electron chi connectivity index (χ4n) is 2.97. The molecule has 4 aromatic rings. The Morgan fingerprint density at radius 3 is 1.84 bits per heavy atom. The Kier molecular flexibility index (Phi) is 4.14. The molecule has 2 aromatic carbocycles. The molecule has 0 atom stereocenters. The SMILES string of the molecule is COC(=O)c1[se]c2ccccc2c1-c1c(C(=O)O)[se]c2ccccc12. The van der Waals surface area contributed by atoms with Gasteiger partial charge in [-0.3, -0.25) is 0 Å². The Bertz CT molecular complexity index is 1140. The van der Waals surface area contributed by atoms with Crippen molar-refractivity contribution in [2.45, 2.75) is 0 Å². The van der Waals surface area contributed by atoms with E-state index in [4.69, 9.17) is 4.74 Å². The number of esters is 1. The van der Waals surface area contributed by atoms with Crippen molar-refractivity contribution in [3.63, 3.8) is 0 Å². The van der Waals surface area contributed by atoms with E-state index >= 15 is 0 Å². The van der Waals surface area contributed by atoms with Crippen LogP contribution in [0.4, 0.5) is 0 Å². The van der Waals surface area contributed by atoms with Gasteiger partial charge in [-0.2, -0.15) is 0 Å². The van der Waals surface area contributed by atoms with Crippen LogP contribution in [-0.4, -0.2) is 53.2 Å². The molecular formula is C19H12O4Se2. The van der Waals surface area contributed by atoms with Crippen LogP contribution in [-0.2, 0) is 4.74 Å². The Labute approximate surface area is 155 Å². The Morgan fingerprint density at radius 1 is 0.840 bits per heavy atom. The Morgan fingerprint density at radius 2 is 1.32 bits per heavy atom. The van der Waals surface area contributed by atoms with Crippen LogP contribution in [0.15, 0.2) is 48.5 Å². The third kappa shape index (κ3) is 2.59. The second-order valence-corrected chi connectivity index (χ2v) is 9.82. The van der Waals surface area contributed by atoms with Gasteiger partial charge in [0.25, 0.3) is 0 Å². The van der Waals surface area contributed by atoms with Crippen molar-refractivity contribution in [3.8, 4) is 11.1 Å². The fourth-order valence-corrected chi connectivity index (χ4v) is 7.54. The number of fused-ring (bicyclic) bond motifs is 2. The van der Waals surface area contributed by atoms with Gasteiger partial charge in [-0.25, -0.2) is 0 Å². The van der Waals surface area contributed by atoms with Gasteiger partial charge in [0.15, 0.2) is 0 Å². The first-order valence-electron chi connectivity index (χ1n) is 7.47. The van der Waals surface area contributed by atoms with Crippen molar-refractivity contribution in [1.82, 2.24) is 0 Å². The van der Waals surface area contributed by atoms with Gasteiger partial charge in [0.05, 0.1) is 0 Å². The molecule has 0 spiro atoms. The molecule has 0 saturated heterocycles. The summed E-state index contributed by atoms with van der Waals surface area (Å²) in [5, 5.41) is 11.6. The number of carboxylic acids is 1. The van der Waals surface area contributed by atoms with E-state index in [1.165, 1.54) is 7.11 Å². The van der Waals surface area contributed by atoms with Crippen LogP contribution >= 0.6 is 0 Å². The number of aromatic carboxylic acids is 1. The molecule has 0 bridgehead atoms. The van der Waals surface area contributed by atoms with Gasteiger partial charge in [0.1, 0.15) is 0 Å². The molecule has 0 aliphatic carbocycles. The van der Waals surface area contributed by atoms with Crippen molar-refractivity contribution < 1.29 is 19.4 Å². The molecule has 0 saturated carbocycles. The van der Waals surface area contributed by atoms with Crippen LogP contribution in [0.3, 0.4) is 0 Å². The summed E-state index contributed by atoms with van der Waals surface area (Å²) in [6, 6.07) is 15.6. The number of carbonyl (C=O) groups is 2. The summed E-state index contributed by atoms with van der Waals surface area (Å²) in [7, 11) is 1.37. The number of methoxy groups -OCH3 is 1. The van der Waals surface area contributed by atoms with E-state index in [9.17, 15) is 14.7 Å². The topological polar surface area (TPSA) is 63.6 Å². The van der Waals surface area contributed by atoms with Gasteiger partial charge in [-0.05, 0) is 0 Å². The second kappa shape index (κ2) is 6.32. The predicted octanol–water partition coefficient (Wildman–Crippen LogP) is 3.26. The van der Waals surface area contributed by atoms with Crippen LogP contribution in [0.2, 0.25) is 0 Å². The summed E-state index contributed by atoms with van der Waals surface area (Å²) in [4.78, 5) is 24.3. The molecule has 0 fully saturated rings. The first-order chi connectivity index (χ1) is 12.1. The minimum atomic E-state index is -0.917. The zero-order valence-corrected chi connectivity index (χ0v) is 16.5. The van der Waals surface area contributed by atoms with Crippen LogP contribution in [0.25, 0.3) is 30.4 Å². The standard InChI is InChI=1S/C19H12O4Se2/c1-23-19(22)17-15(11-7-3-5-9-13(11)25-17)14-10-6-2-4-8-12(10)24-16(14)18(20)21/h2-9H,1H3,(H,20,21). The van der Waals surface area contributed by atoms with Crippen LogP contribution in [0, 0.1) is 0 Å². The minimum absolute atomic E-state index is 0.194. The Hall–Kier alpha value is -2.10. The molecule has 1 N–H and O–H groups in total. The van der Waals surface area contributed by atoms with Gasteiger partial charge in [-0.1, -0.05) is 0 Å². The number of rotatable bonds is 3. The molecule has 0 aliphatic heterocycles. The fraction of sp³-hybridized carbons (Fsp3) is 0.0526. The van der Waals surface area contributed by atoms with Gasteiger partial charge < -0.3 is 0 Å². The van der Waals surface area contributed by atoms with E-state index < -0.39 is 5.97 Å². The number of hydrogen-bond acceptors (Lipinski definition) is 3. The number of hydrogen-bond donors (Lipinski definition) is 1. The van der Waals surface area contributed by atoms with Gasteiger partial charge in [0, 0.05) is 0 Å². The van der Waals surface area contributed by atoms with E-state index in [-0.39, 0.29) is 35.0 Å². The maximum atomic E-state index is 12.4. The van der Waals surface area contributed by atoms with E-state index in [2.05, 4.69) is 0 Å². The summed E-state index contributed by atoms with van der Waals surface area (Å²) in [6.45, 7) is 0. The molecule has 0 amide bonds. The molecular weight excluding hydrogens is 450 g/mol. The number of ether oxygens (including phenoxy) is 1. The molecule has 0 aliphatic rings. The summed E-state index contributed by atoms with van der Waals surface area (Å²) in [5.74, 6) is -1.29. The quantitative estimate of drug-likeness (QED) is 0.375. The summed E-state index contributed by atoms with van der Waals surface area (Å²) >= 11 is -0.476. The monoisotopic (exact) mass is 464 g/mol. The molecule has 4 nitrogen and oxygen atoms in total. The Balaban J connectivity index is 2.18. The van der Waals surface area contributed by atoms with Crippen LogP contribution in [0.5, 0.6) is 0 Å². The normalized spacial score (nSPS) is 11.1. The zero-order chi connectivity index (χ0) is 17.6. The van der Waals surface area contributed by atoms with E-state index in [0.29, 0.717) is 14.4 Å². The van der Waals surface area contributed by atoms with E-state index in [1.807, 2.05) is 48.5 Å².